The molecule has 0 fully saturated rings. The van der Waals surface area contributed by atoms with Crippen molar-refractivity contribution in [2.75, 3.05) is 30.4 Å². The second-order valence-corrected chi connectivity index (χ2v) is 7.15. The van der Waals surface area contributed by atoms with Crippen molar-refractivity contribution in [2.45, 2.75) is 13.3 Å². The van der Waals surface area contributed by atoms with Gasteiger partial charge in [0.05, 0.1) is 16.9 Å². The highest BCUT2D eigenvalue weighted by molar-refractivity contribution is 6.17. The summed E-state index contributed by atoms with van der Waals surface area (Å²) in [5, 5.41) is 2.87. The number of nitrogens with one attached hydrogen (secondary N) is 1. The minimum Gasteiger partial charge on any atom is -0.319 e. The Balaban J connectivity index is 1.76. The summed E-state index contributed by atoms with van der Waals surface area (Å²) >= 11 is 0. The monoisotopic (exact) mass is 362 g/mol. The molecule has 1 aromatic heterocycles. The second-order valence-electron chi connectivity index (χ2n) is 7.15. The first-order valence-electron chi connectivity index (χ1n) is 9.10. The van der Waals surface area contributed by atoms with Gasteiger partial charge in [0.15, 0.2) is 5.82 Å². The van der Waals surface area contributed by atoms with Crippen LogP contribution in [0.3, 0.4) is 0 Å². The number of amides is 2. The maximum absolute atomic E-state index is 13.4. The SMILES string of the molecule is CC1CN(C)CC=C1CC(=O)N1c2ccccc2C(=O)Nc2cccnc21. The summed E-state index contributed by atoms with van der Waals surface area (Å²) in [7, 11) is 2.08. The van der Waals surface area contributed by atoms with E-state index in [4.69, 9.17) is 0 Å². The third kappa shape index (κ3) is 3.24. The summed E-state index contributed by atoms with van der Waals surface area (Å²) in [6.45, 7) is 3.92. The van der Waals surface area contributed by atoms with Gasteiger partial charge >= 0.3 is 0 Å². The molecule has 4 rings (SSSR count). The van der Waals surface area contributed by atoms with E-state index in [-0.39, 0.29) is 11.8 Å². The number of fused-ring (bicyclic) bond motifs is 2. The van der Waals surface area contributed by atoms with Crippen LogP contribution in [0.1, 0.15) is 23.7 Å². The molecule has 1 N–H and O–H groups in total. The zero-order valence-corrected chi connectivity index (χ0v) is 15.5. The van der Waals surface area contributed by atoms with E-state index in [9.17, 15) is 9.59 Å². The summed E-state index contributed by atoms with van der Waals surface area (Å²) in [4.78, 5) is 34.2. The van der Waals surface area contributed by atoms with Crippen molar-refractivity contribution in [3.05, 3.63) is 59.8 Å². The zero-order valence-electron chi connectivity index (χ0n) is 15.5. The van der Waals surface area contributed by atoms with Crippen molar-refractivity contribution < 1.29 is 9.59 Å². The minimum absolute atomic E-state index is 0.0819. The van der Waals surface area contributed by atoms with Crippen LogP contribution in [0.4, 0.5) is 17.2 Å². The lowest BCUT2D eigenvalue weighted by molar-refractivity contribution is -0.117. The van der Waals surface area contributed by atoms with Crippen LogP contribution in [0, 0.1) is 5.92 Å². The largest absolute Gasteiger partial charge is 0.319 e. The first-order chi connectivity index (χ1) is 13.0. The van der Waals surface area contributed by atoms with Crippen LogP contribution in [0.2, 0.25) is 0 Å². The van der Waals surface area contributed by atoms with E-state index in [1.807, 2.05) is 6.07 Å². The maximum Gasteiger partial charge on any atom is 0.257 e. The molecule has 2 aliphatic rings. The Morgan fingerprint density at radius 1 is 1.26 bits per heavy atom. The van der Waals surface area contributed by atoms with Crippen LogP contribution in [-0.2, 0) is 4.79 Å². The topological polar surface area (TPSA) is 65.5 Å². The average Bonchev–Trinajstić information content (AvgIpc) is 2.78. The van der Waals surface area contributed by atoms with Crippen LogP contribution in [-0.4, -0.2) is 41.8 Å². The molecule has 2 amide bonds. The van der Waals surface area contributed by atoms with Gasteiger partial charge in [0.1, 0.15) is 0 Å². The van der Waals surface area contributed by atoms with Crippen LogP contribution in [0.25, 0.3) is 0 Å². The Morgan fingerprint density at radius 3 is 2.89 bits per heavy atom. The standard InChI is InChI=1S/C21H22N4O2/c1-14-13-24(2)11-9-15(14)12-19(26)25-18-8-4-3-6-16(18)21(27)23-17-7-5-10-22-20(17)25/h3-10,14H,11-13H2,1-2H3,(H,23,27). The molecule has 0 bridgehead atoms. The number of nitrogens with zero attached hydrogens (tertiary/aromatic N) is 3. The number of pyridine rings is 1. The molecule has 1 aromatic carbocycles. The fraction of sp³-hybridized carbons (Fsp3) is 0.286. The zero-order chi connectivity index (χ0) is 19.0. The normalized spacial score (nSPS) is 19.5. The predicted octanol–water partition coefficient (Wildman–Crippen LogP) is 3.21. The Morgan fingerprint density at radius 2 is 2.07 bits per heavy atom. The number of carbonyl (C=O) groups is 2. The number of carbonyl (C=O) groups excluding carboxylic acids is 2. The molecule has 2 aliphatic heterocycles. The van der Waals surface area contributed by atoms with Crippen molar-refractivity contribution in [2.24, 2.45) is 5.92 Å². The molecule has 138 valence electrons. The highest BCUT2D eigenvalue weighted by Crippen LogP contribution is 2.37. The molecule has 6 heteroatoms. The molecule has 3 heterocycles. The minimum atomic E-state index is -0.234. The lowest BCUT2D eigenvalue weighted by Crippen LogP contribution is -2.33. The van der Waals surface area contributed by atoms with E-state index in [0.29, 0.717) is 35.1 Å². The lowest BCUT2D eigenvalue weighted by atomic mass is 9.93. The van der Waals surface area contributed by atoms with E-state index in [0.717, 1.165) is 18.7 Å². The Kier molecular flexibility index (Phi) is 4.49. The number of benzene rings is 1. The smallest absolute Gasteiger partial charge is 0.257 e. The van der Waals surface area contributed by atoms with Gasteiger partial charge in [-0.15, -0.1) is 0 Å². The van der Waals surface area contributed by atoms with Gasteiger partial charge in [-0.1, -0.05) is 30.7 Å². The number of para-hydroxylation sites is 1. The highest BCUT2D eigenvalue weighted by atomic mass is 16.2. The van der Waals surface area contributed by atoms with E-state index in [1.165, 1.54) is 0 Å². The van der Waals surface area contributed by atoms with Crippen molar-refractivity contribution >= 4 is 29.0 Å². The summed E-state index contributed by atoms with van der Waals surface area (Å²) in [5.74, 6) is 0.462. The molecule has 0 spiro atoms. The molecule has 0 radical (unpaired) electrons. The number of likely N-dealkylation sites (N-methyl/N-ethyl adjacent to an activating group) is 1. The van der Waals surface area contributed by atoms with E-state index < -0.39 is 0 Å². The Bertz CT molecular complexity index is 937. The number of anilines is 3. The molecular formula is C21H22N4O2. The average molecular weight is 362 g/mol. The van der Waals surface area contributed by atoms with Gasteiger partial charge in [0, 0.05) is 25.7 Å². The molecule has 1 atom stereocenters. The van der Waals surface area contributed by atoms with Gasteiger partial charge in [0.2, 0.25) is 5.91 Å². The van der Waals surface area contributed by atoms with Gasteiger partial charge in [0.25, 0.3) is 5.91 Å². The van der Waals surface area contributed by atoms with Crippen molar-refractivity contribution in [1.82, 2.24) is 9.88 Å². The Hall–Kier alpha value is -2.99. The highest BCUT2D eigenvalue weighted by Gasteiger charge is 2.31. The lowest BCUT2D eigenvalue weighted by Gasteiger charge is -2.29. The van der Waals surface area contributed by atoms with E-state index in [1.54, 1.807) is 41.4 Å². The summed E-state index contributed by atoms with van der Waals surface area (Å²) in [6.07, 6.45) is 4.09. The first-order valence-corrected chi connectivity index (χ1v) is 9.10. The fourth-order valence-electron chi connectivity index (χ4n) is 3.72. The van der Waals surface area contributed by atoms with E-state index in [2.05, 4.69) is 35.2 Å². The molecule has 0 saturated heterocycles. The molecular weight excluding hydrogens is 340 g/mol. The van der Waals surface area contributed by atoms with Gasteiger partial charge in [-0.2, -0.15) is 0 Å². The number of hydrogen-bond acceptors (Lipinski definition) is 4. The van der Waals surface area contributed by atoms with Crippen LogP contribution < -0.4 is 10.2 Å². The molecule has 0 aliphatic carbocycles. The van der Waals surface area contributed by atoms with Crippen molar-refractivity contribution in [3.8, 4) is 0 Å². The molecule has 1 unspecified atom stereocenters. The number of hydrogen-bond donors (Lipinski definition) is 1. The van der Waals surface area contributed by atoms with Crippen LogP contribution >= 0.6 is 0 Å². The quantitative estimate of drug-likeness (QED) is 0.833. The molecule has 27 heavy (non-hydrogen) atoms. The van der Waals surface area contributed by atoms with Crippen LogP contribution in [0.15, 0.2) is 54.2 Å². The third-order valence-electron chi connectivity index (χ3n) is 5.12. The molecule has 0 saturated carbocycles. The Labute approximate surface area is 158 Å². The molecule has 2 aromatic rings. The van der Waals surface area contributed by atoms with Crippen molar-refractivity contribution in [3.63, 3.8) is 0 Å². The predicted molar refractivity (Wildman–Crippen MR) is 105 cm³/mol. The number of aromatic nitrogens is 1. The molecule has 6 nitrogen and oxygen atoms in total. The van der Waals surface area contributed by atoms with Gasteiger partial charge < -0.3 is 10.2 Å². The fourth-order valence-corrected chi connectivity index (χ4v) is 3.72. The van der Waals surface area contributed by atoms with E-state index >= 15 is 0 Å². The van der Waals surface area contributed by atoms with Crippen LogP contribution in [0.5, 0.6) is 0 Å². The second kappa shape index (κ2) is 6.96. The summed E-state index contributed by atoms with van der Waals surface area (Å²) in [6, 6.07) is 10.7. The van der Waals surface area contributed by atoms with Crippen molar-refractivity contribution in [1.29, 1.82) is 0 Å². The van der Waals surface area contributed by atoms with Gasteiger partial charge in [-0.05, 0) is 37.2 Å². The maximum atomic E-state index is 13.4. The number of rotatable bonds is 2. The van der Waals surface area contributed by atoms with Gasteiger partial charge in [-0.25, -0.2) is 4.98 Å². The summed E-state index contributed by atoms with van der Waals surface area (Å²) < 4.78 is 0. The first kappa shape index (κ1) is 17.4. The van der Waals surface area contributed by atoms with Gasteiger partial charge in [-0.3, -0.25) is 14.5 Å². The summed E-state index contributed by atoms with van der Waals surface area (Å²) in [5.41, 5.74) is 2.71. The third-order valence-corrected chi connectivity index (χ3v) is 5.12.